The maximum atomic E-state index is 3.55. The van der Waals surface area contributed by atoms with E-state index in [-0.39, 0.29) is 0 Å². The van der Waals surface area contributed by atoms with E-state index in [0.717, 1.165) is 10.7 Å². The Kier molecular flexibility index (Phi) is 5.80. The number of hydrogen-bond donors (Lipinski definition) is 0. The predicted molar refractivity (Wildman–Crippen MR) is 70.3 cm³/mol. The van der Waals surface area contributed by atoms with Gasteiger partial charge in [-0.05, 0) is 29.5 Å². The molecule has 1 aromatic rings. The van der Waals surface area contributed by atoms with Crippen molar-refractivity contribution in [2.75, 3.05) is 0 Å². The van der Waals surface area contributed by atoms with Gasteiger partial charge in [-0.25, -0.2) is 0 Å². The molecule has 0 nitrogen and oxygen atoms in total. The van der Waals surface area contributed by atoms with Crippen LogP contribution >= 0.6 is 31.9 Å². The van der Waals surface area contributed by atoms with E-state index in [4.69, 9.17) is 0 Å². The molecule has 0 aliphatic rings. The largest absolute Gasteiger partial charge is 0.0876 e. The first-order chi connectivity index (χ1) is 6.83. The van der Waals surface area contributed by atoms with Gasteiger partial charge in [0.15, 0.2) is 0 Å². The van der Waals surface area contributed by atoms with E-state index in [1.54, 1.807) is 0 Å². The van der Waals surface area contributed by atoms with Gasteiger partial charge in [0.2, 0.25) is 0 Å². The molecule has 0 heterocycles. The van der Waals surface area contributed by atoms with Gasteiger partial charge >= 0.3 is 0 Å². The van der Waals surface area contributed by atoms with E-state index in [2.05, 4.69) is 57.0 Å². The summed E-state index contributed by atoms with van der Waals surface area (Å²) < 4.78 is 0. The first kappa shape index (κ1) is 12.3. The highest BCUT2D eigenvalue weighted by Gasteiger charge is 2.05. The topological polar surface area (TPSA) is 0 Å². The number of hydrogen-bond acceptors (Lipinski definition) is 0. The van der Waals surface area contributed by atoms with E-state index in [1.165, 1.54) is 36.0 Å². The highest BCUT2D eigenvalue weighted by molar-refractivity contribution is 9.08. The fourth-order valence-corrected chi connectivity index (χ4v) is 2.66. The summed E-state index contributed by atoms with van der Waals surface area (Å²) in [6, 6.07) is 6.57. The van der Waals surface area contributed by atoms with Crippen molar-refractivity contribution in [1.82, 2.24) is 0 Å². The minimum atomic E-state index is 0.965. The predicted octanol–water partition coefficient (Wildman–Crippen LogP) is 4.82. The average molecular weight is 320 g/mol. The van der Waals surface area contributed by atoms with Crippen molar-refractivity contribution < 1.29 is 0 Å². The Labute approximate surface area is 103 Å². The monoisotopic (exact) mass is 318 g/mol. The lowest BCUT2D eigenvalue weighted by Gasteiger charge is -2.11. The molecule has 0 saturated heterocycles. The number of benzene rings is 1. The second-order valence-corrected chi connectivity index (χ2v) is 4.55. The smallest absolute Gasteiger partial charge is 0.0285 e. The molecule has 78 valence electrons. The van der Waals surface area contributed by atoms with E-state index in [1.807, 2.05) is 0 Å². The fraction of sp³-hybridized carbons (Fsp3) is 0.500. The van der Waals surface area contributed by atoms with Crippen molar-refractivity contribution in [3.8, 4) is 0 Å². The van der Waals surface area contributed by atoms with Crippen LogP contribution in [-0.4, -0.2) is 0 Å². The van der Waals surface area contributed by atoms with Crippen LogP contribution in [0, 0.1) is 0 Å². The molecule has 0 atom stereocenters. The van der Waals surface area contributed by atoms with Crippen LogP contribution in [0.3, 0.4) is 0 Å². The van der Waals surface area contributed by atoms with Crippen LogP contribution in [0.5, 0.6) is 0 Å². The minimum Gasteiger partial charge on any atom is -0.0876 e. The van der Waals surface area contributed by atoms with Crippen LogP contribution in [-0.2, 0) is 17.1 Å². The standard InChI is InChI=1S/C12H16Br2/c1-2-3-7-12-10(8-13)5-4-6-11(12)9-14/h4-6H,2-3,7-9H2,1H3. The summed E-state index contributed by atoms with van der Waals surface area (Å²) in [5.74, 6) is 0. The molecule has 1 rings (SSSR count). The van der Waals surface area contributed by atoms with Gasteiger partial charge in [0.05, 0.1) is 0 Å². The Morgan fingerprint density at radius 2 is 1.64 bits per heavy atom. The lowest BCUT2D eigenvalue weighted by Crippen LogP contribution is -1.97. The maximum absolute atomic E-state index is 3.55. The SMILES string of the molecule is CCCCc1c(CBr)cccc1CBr. The zero-order chi connectivity index (χ0) is 10.4. The van der Waals surface area contributed by atoms with E-state index >= 15 is 0 Å². The molecule has 0 amide bonds. The second kappa shape index (κ2) is 6.62. The lowest BCUT2D eigenvalue weighted by atomic mass is 9.98. The van der Waals surface area contributed by atoms with Crippen LogP contribution < -0.4 is 0 Å². The fourth-order valence-electron chi connectivity index (χ4n) is 1.61. The molecule has 14 heavy (non-hydrogen) atoms. The summed E-state index contributed by atoms with van der Waals surface area (Å²) in [5.41, 5.74) is 4.41. The van der Waals surface area contributed by atoms with Gasteiger partial charge in [-0.3, -0.25) is 0 Å². The quantitative estimate of drug-likeness (QED) is 0.683. The van der Waals surface area contributed by atoms with Gasteiger partial charge in [-0.15, -0.1) is 0 Å². The van der Waals surface area contributed by atoms with Crippen LogP contribution in [0.2, 0.25) is 0 Å². The van der Waals surface area contributed by atoms with Crippen molar-refractivity contribution in [3.05, 3.63) is 34.9 Å². The molecular formula is C12H16Br2. The molecule has 1 aromatic carbocycles. The molecular weight excluding hydrogens is 304 g/mol. The zero-order valence-corrected chi connectivity index (χ0v) is 11.7. The number of halogens is 2. The lowest BCUT2D eigenvalue weighted by molar-refractivity contribution is 0.786. The van der Waals surface area contributed by atoms with E-state index < -0.39 is 0 Å². The van der Waals surface area contributed by atoms with Crippen molar-refractivity contribution in [3.63, 3.8) is 0 Å². The van der Waals surface area contributed by atoms with Crippen LogP contribution in [0.25, 0.3) is 0 Å². The third kappa shape index (κ3) is 3.09. The number of unbranched alkanes of at least 4 members (excludes halogenated alkanes) is 1. The third-order valence-corrected chi connectivity index (χ3v) is 3.65. The average Bonchev–Trinajstić information content (AvgIpc) is 2.25. The summed E-state index contributed by atoms with van der Waals surface area (Å²) >= 11 is 7.10. The molecule has 0 fully saturated rings. The van der Waals surface area contributed by atoms with E-state index in [9.17, 15) is 0 Å². The Morgan fingerprint density at radius 3 is 2.07 bits per heavy atom. The van der Waals surface area contributed by atoms with E-state index in [0.29, 0.717) is 0 Å². The Hall–Kier alpha value is 0.180. The normalized spacial score (nSPS) is 10.5. The van der Waals surface area contributed by atoms with Crippen molar-refractivity contribution in [2.45, 2.75) is 36.8 Å². The van der Waals surface area contributed by atoms with Crippen LogP contribution in [0.15, 0.2) is 18.2 Å². The van der Waals surface area contributed by atoms with Crippen molar-refractivity contribution in [1.29, 1.82) is 0 Å². The van der Waals surface area contributed by atoms with Crippen molar-refractivity contribution >= 4 is 31.9 Å². The molecule has 0 N–H and O–H groups in total. The highest BCUT2D eigenvalue weighted by atomic mass is 79.9. The number of rotatable bonds is 5. The summed E-state index contributed by atoms with van der Waals surface area (Å²) in [6.07, 6.45) is 3.75. The molecule has 2 heteroatoms. The summed E-state index contributed by atoms with van der Waals surface area (Å²) in [5, 5.41) is 1.93. The van der Waals surface area contributed by atoms with Gasteiger partial charge in [0.25, 0.3) is 0 Å². The first-order valence-corrected chi connectivity index (χ1v) is 7.29. The van der Waals surface area contributed by atoms with Crippen LogP contribution in [0.1, 0.15) is 36.5 Å². The van der Waals surface area contributed by atoms with Gasteiger partial charge in [0, 0.05) is 10.7 Å². The summed E-state index contributed by atoms with van der Waals surface area (Å²) in [4.78, 5) is 0. The van der Waals surface area contributed by atoms with Gasteiger partial charge in [-0.2, -0.15) is 0 Å². The zero-order valence-electron chi connectivity index (χ0n) is 8.52. The Bertz CT molecular complexity index is 259. The molecule has 0 aliphatic carbocycles. The van der Waals surface area contributed by atoms with Gasteiger partial charge in [0.1, 0.15) is 0 Å². The highest BCUT2D eigenvalue weighted by Crippen LogP contribution is 2.21. The molecule has 0 aromatic heterocycles. The summed E-state index contributed by atoms with van der Waals surface area (Å²) in [6.45, 7) is 2.24. The molecule has 0 unspecified atom stereocenters. The van der Waals surface area contributed by atoms with Crippen molar-refractivity contribution in [2.24, 2.45) is 0 Å². The molecule has 0 spiro atoms. The van der Waals surface area contributed by atoms with Gasteiger partial charge in [-0.1, -0.05) is 63.4 Å². The van der Waals surface area contributed by atoms with Crippen LogP contribution in [0.4, 0.5) is 0 Å². The third-order valence-electron chi connectivity index (χ3n) is 2.44. The number of alkyl halides is 2. The molecule has 0 aliphatic heterocycles. The summed E-state index contributed by atoms with van der Waals surface area (Å²) in [7, 11) is 0. The molecule has 0 bridgehead atoms. The Balaban J connectivity index is 2.93. The second-order valence-electron chi connectivity index (χ2n) is 3.43. The van der Waals surface area contributed by atoms with Gasteiger partial charge < -0.3 is 0 Å². The molecule has 0 radical (unpaired) electrons. The first-order valence-electron chi connectivity index (χ1n) is 5.05. The molecule has 0 saturated carbocycles. The Morgan fingerprint density at radius 1 is 1.07 bits per heavy atom. The minimum absolute atomic E-state index is 0.965. The maximum Gasteiger partial charge on any atom is 0.0285 e.